The van der Waals surface area contributed by atoms with Crippen LogP contribution in [-0.4, -0.2) is 20.7 Å². The second-order valence-corrected chi connectivity index (χ2v) is 5.44. The Kier molecular flexibility index (Phi) is 4.05. The van der Waals surface area contributed by atoms with Crippen molar-refractivity contribution in [3.63, 3.8) is 0 Å². The molecule has 1 rings (SSSR count). The van der Waals surface area contributed by atoms with E-state index < -0.39 is 9.84 Å². The van der Waals surface area contributed by atoms with Gasteiger partial charge in [-0.25, -0.2) is 8.42 Å². The van der Waals surface area contributed by atoms with Gasteiger partial charge in [0, 0.05) is 17.7 Å². The van der Waals surface area contributed by atoms with Gasteiger partial charge in [0.25, 0.3) is 0 Å². The van der Waals surface area contributed by atoms with E-state index in [1.54, 1.807) is 0 Å². The molecule has 82 valence electrons. The molecule has 0 saturated heterocycles. The normalized spacial score (nSPS) is 14.3. The van der Waals surface area contributed by atoms with Crippen molar-refractivity contribution in [3.05, 3.63) is 47.4 Å². The Hall–Kier alpha value is -1.13. The molecule has 0 saturated carbocycles. The molecule has 1 aromatic rings. The predicted octanol–water partition coefficient (Wildman–Crippen LogP) is 1.11. The molecule has 1 atom stereocenters. The summed E-state index contributed by atoms with van der Waals surface area (Å²) in [6.45, 7) is 0. The van der Waals surface area contributed by atoms with E-state index in [2.05, 4.69) is 0 Å². The summed E-state index contributed by atoms with van der Waals surface area (Å²) in [5.41, 5.74) is 6.86. The first-order valence-corrected chi connectivity index (χ1v) is 6.60. The van der Waals surface area contributed by atoms with Crippen LogP contribution in [0.3, 0.4) is 0 Å². The zero-order valence-electron chi connectivity index (χ0n) is 8.63. The molecule has 0 aromatic heterocycles. The van der Waals surface area contributed by atoms with Crippen LogP contribution in [0.4, 0.5) is 0 Å². The average molecular weight is 225 g/mol. The van der Waals surface area contributed by atoms with Gasteiger partial charge in [0.2, 0.25) is 0 Å². The molecule has 1 aromatic carbocycles. The predicted molar refractivity (Wildman–Crippen MR) is 62.1 cm³/mol. The highest BCUT2D eigenvalue weighted by Gasteiger charge is 2.01. The standard InChI is InChI=1S/C11H15NO2S/c1-15(13,14)8-7-11(12)9-10-5-3-2-4-6-10/h2-8,11H,9,12H2,1H3/t11-/m0/s1. The Bertz CT molecular complexity index is 423. The first kappa shape index (κ1) is 11.9. The third-order valence-electron chi connectivity index (χ3n) is 1.89. The molecule has 0 bridgehead atoms. The van der Waals surface area contributed by atoms with Crippen LogP contribution >= 0.6 is 0 Å². The molecule has 0 aliphatic carbocycles. The Labute approximate surface area is 90.5 Å². The summed E-state index contributed by atoms with van der Waals surface area (Å²) in [4.78, 5) is 0. The molecule has 2 N–H and O–H groups in total. The molecular formula is C11H15NO2S. The highest BCUT2D eigenvalue weighted by Crippen LogP contribution is 2.02. The van der Waals surface area contributed by atoms with Crippen molar-refractivity contribution in [1.29, 1.82) is 0 Å². The average Bonchev–Trinajstić information content (AvgIpc) is 2.15. The number of benzene rings is 1. The maximum atomic E-state index is 10.8. The maximum Gasteiger partial charge on any atom is 0.168 e. The third kappa shape index (κ3) is 5.34. The molecule has 0 aliphatic rings. The first-order valence-electron chi connectivity index (χ1n) is 4.65. The molecule has 0 heterocycles. The van der Waals surface area contributed by atoms with Crippen molar-refractivity contribution in [2.45, 2.75) is 12.5 Å². The lowest BCUT2D eigenvalue weighted by molar-refractivity contribution is 0.609. The molecule has 0 aliphatic heterocycles. The van der Waals surface area contributed by atoms with E-state index in [1.165, 1.54) is 6.08 Å². The van der Waals surface area contributed by atoms with E-state index >= 15 is 0 Å². The summed E-state index contributed by atoms with van der Waals surface area (Å²) < 4.78 is 21.7. The summed E-state index contributed by atoms with van der Waals surface area (Å²) in [6, 6.07) is 9.47. The molecule has 0 fully saturated rings. The van der Waals surface area contributed by atoms with Gasteiger partial charge < -0.3 is 5.73 Å². The SMILES string of the molecule is CS(=O)(=O)C=C[C@H](N)Cc1ccccc1. The van der Waals surface area contributed by atoms with E-state index in [4.69, 9.17) is 5.73 Å². The minimum absolute atomic E-state index is 0.262. The lowest BCUT2D eigenvalue weighted by Crippen LogP contribution is -2.20. The minimum Gasteiger partial charge on any atom is -0.324 e. The van der Waals surface area contributed by atoms with E-state index in [-0.39, 0.29) is 6.04 Å². The molecule has 0 radical (unpaired) electrons. The minimum atomic E-state index is -3.07. The second-order valence-electron chi connectivity index (χ2n) is 3.51. The zero-order chi connectivity index (χ0) is 11.3. The third-order valence-corrected chi connectivity index (χ3v) is 2.54. The van der Waals surface area contributed by atoms with Crippen molar-refractivity contribution in [3.8, 4) is 0 Å². The van der Waals surface area contributed by atoms with Gasteiger partial charge in [-0.2, -0.15) is 0 Å². The highest BCUT2D eigenvalue weighted by molar-refractivity contribution is 7.93. The molecule has 4 heteroatoms. The Morgan fingerprint density at radius 1 is 1.33 bits per heavy atom. The Balaban J connectivity index is 2.58. The number of hydrogen-bond donors (Lipinski definition) is 1. The second kappa shape index (κ2) is 5.09. The van der Waals surface area contributed by atoms with Crippen LogP contribution in [-0.2, 0) is 16.3 Å². The van der Waals surface area contributed by atoms with Gasteiger partial charge in [0.05, 0.1) is 0 Å². The fourth-order valence-corrected chi connectivity index (χ4v) is 1.69. The number of sulfone groups is 1. The van der Waals surface area contributed by atoms with Gasteiger partial charge in [-0.3, -0.25) is 0 Å². The van der Waals surface area contributed by atoms with Crippen LogP contribution in [0.15, 0.2) is 41.8 Å². The largest absolute Gasteiger partial charge is 0.324 e. The first-order chi connectivity index (χ1) is 6.97. The van der Waals surface area contributed by atoms with Crippen LogP contribution in [0.1, 0.15) is 5.56 Å². The van der Waals surface area contributed by atoms with Crippen LogP contribution in [0.5, 0.6) is 0 Å². The van der Waals surface area contributed by atoms with Crippen molar-refractivity contribution in [2.24, 2.45) is 5.73 Å². The summed E-state index contributed by atoms with van der Waals surface area (Å²) in [5, 5.41) is 1.15. The maximum absolute atomic E-state index is 10.8. The van der Waals surface area contributed by atoms with Gasteiger partial charge in [-0.05, 0) is 12.0 Å². The van der Waals surface area contributed by atoms with E-state index in [9.17, 15) is 8.42 Å². The van der Waals surface area contributed by atoms with Gasteiger partial charge in [0.1, 0.15) is 0 Å². The molecule has 15 heavy (non-hydrogen) atoms. The smallest absolute Gasteiger partial charge is 0.168 e. The highest BCUT2D eigenvalue weighted by atomic mass is 32.2. The summed E-state index contributed by atoms with van der Waals surface area (Å²) in [5.74, 6) is 0. The quantitative estimate of drug-likeness (QED) is 0.835. The lowest BCUT2D eigenvalue weighted by atomic mass is 10.1. The van der Waals surface area contributed by atoms with Crippen LogP contribution in [0.2, 0.25) is 0 Å². The van der Waals surface area contributed by atoms with Crippen molar-refractivity contribution in [2.75, 3.05) is 6.26 Å². The lowest BCUT2D eigenvalue weighted by Gasteiger charge is -2.05. The Morgan fingerprint density at radius 3 is 2.47 bits per heavy atom. The van der Waals surface area contributed by atoms with Crippen molar-refractivity contribution >= 4 is 9.84 Å². The van der Waals surface area contributed by atoms with Gasteiger partial charge >= 0.3 is 0 Å². The number of rotatable bonds is 4. The summed E-state index contributed by atoms with van der Waals surface area (Å²) >= 11 is 0. The summed E-state index contributed by atoms with van der Waals surface area (Å²) in [7, 11) is -3.07. The Morgan fingerprint density at radius 2 is 1.93 bits per heavy atom. The van der Waals surface area contributed by atoms with E-state index in [0.29, 0.717) is 6.42 Å². The number of hydrogen-bond acceptors (Lipinski definition) is 3. The van der Waals surface area contributed by atoms with E-state index in [0.717, 1.165) is 17.2 Å². The van der Waals surface area contributed by atoms with Crippen LogP contribution in [0.25, 0.3) is 0 Å². The van der Waals surface area contributed by atoms with Gasteiger partial charge in [-0.1, -0.05) is 36.4 Å². The molecule has 0 unspecified atom stereocenters. The van der Waals surface area contributed by atoms with E-state index in [1.807, 2.05) is 30.3 Å². The fraction of sp³-hybridized carbons (Fsp3) is 0.273. The molecule has 0 amide bonds. The van der Waals surface area contributed by atoms with Crippen LogP contribution in [0, 0.1) is 0 Å². The topological polar surface area (TPSA) is 60.2 Å². The van der Waals surface area contributed by atoms with Crippen molar-refractivity contribution < 1.29 is 8.42 Å². The fourth-order valence-electron chi connectivity index (χ4n) is 1.20. The molecule has 0 spiro atoms. The van der Waals surface area contributed by atoms with Crippen molar-refractivity contribution in [1.82, 2.24) is 0 Å². The molecular weight excluding hydrogens is 210 g/mol. The monoisotopic (exact) mass is 225 g/mol. The zero-order valence-corrected chi connectivity index (χ0v) is 9.44. The number of nitrogens with two attached hydrogens (primary N) is 1. The van der Waals surface area contributed by atoms with Gasteiger partial charge in [0.15, 0.2) is 9.84 Å². The molecule has 3 nitrogen and oxygen atoms in total. The van der Waals surface area contributed by atoms with Crippen LogP contribution < -0.4 is 5.73 Å². The van der Waals surface area contributed by atoms with Gasteiger partial charge in [-0.15, -0.1) is 0 Å². The summed E-state index contributed by atoms with van der Waals surface area (Å²) in [6.07, 6.45) is 3.31.